The maximum absolute atomic E-state index is 8.70. The standard InChI is InChI=1S/C8H14N2O/c1-9-5-4-8(7-11)6-10(2)3/h4-5,7,11H,1,6H2,2-3H3/b5-4-,8-7-. The topological polar surface area (TPSA) is 35.8 Å². The van der Waals surface area contributed by atoms with Gasteiger partial charge in [-0.1, -0.05) is 0 Å². The second-order valence-electron chi connectivity index (χ2n) is 2.44. The third kappa shape index (κ3) is 5.36. The van der Waals surface area contributed by atoms with Crippen LogP contribution in [-0.2, 0) is 0 Å². The van der Waals surface area contributed by atoms with Crippen molar-refractivity contribution in [1.82, 2.24) is 4.90 Å². The van der Waals surface area contributed by atoms with Gasteiger partial charge < -0.3 is 10.0 Å². The molecule has 3 heteroatoms. The van der Waals surface area contributed by atoms with Crippen molar-refractivity contribution in [3.63, 3.8) is 0 Å². The number of aliphatic imine (C=N–C) groups is 1. The van der Waals surface area contributed by atoms with E-state index in [1.54, 1.807) is 12.3 Å². The van der Waals surface area contributed by atoms with Crippen molar-refractivity contribution in [3.8, 4) is 0 Å². The zero-order chi connectivity index (χ0) is 8.69. The van der Waals surface area contributed by atoms with E-state index in [1.807, 2.05) is 19.0 Å². The minimum atomic E-state index is 0.697. The second kappa shape index (κ2) is 5.68. The highest BCUT2D eigenvalue weighted by molar-refractivity contribution is 5.27. The molecule has 0 aliphatic rings. The predicted octanol–water partition coefficient (Wildman–Crippen LogP) is 1.20. The zero-order valence-corrected chi connectivity index (χ0v) is 6.99. The van der Waals surface area contributed by atoms with Gasteiger partial charge in [0, 0.05) is 18.3 Å². The molecule has 0 rings (SSSR count). The molecule has 0 spiro atoms. The Morgan fingerprint density at radius 3 is 2.64 bits per heavy atom. The van der Waals surface area contributed by atoms with E-state index >= 15 is 0 Å². The van der Waals surface area contributed by atoms with Crippen LogP contribution in [0.2, 0.25) is 0 Å². The van der Waals surface area contributed by atoms with Gasteiger partial charge in [-0.15, -0.1) is 0 Å². The highest BCUT2D eigenvalue weighted by Gasteiger charge is 1.93. The van der Waals surface area contributed by atoms with E-state index in [0.29, 0.717) is 6.54 Å². The molecule has 0 amide bonds. The van der Waals surface area contributed by atoms with Gasteiger partial charge in [0.15, 0.2) is 0 Å². The first-order chi connectivity index (χ1) is 5.20. The Hall–Kier alpha value is -1.09. The Bertz CT molecular complexity index is 171. The van der Waals surface area contributed by atoms with Crippen LogP contribution in [0.4, 0.5) is 0 Å². The van der Waals surface area contributed by atoms with Crippen molar-refractivity contribution in [3.05, 3.63) is 24.1 Å². The normalized spacial score (nSPS) is 12.8. The van der Waals surface area contributed by atoms with Crippen molar-refractivity contribution < 1.29 is 5.11 Å². The summed E-state index contributed by atoms with van der Waals surface area (Å²) in [5, 5.41) is 8.70. The lowest BCUT2D eigenvalue weighted by Gasteiger charge is -2.08. The van der Waals surface area contributed by atoms with E-state index in [0.717, 1.165) is 11.8 Å². The number of rotatable bonds is 4. The van der Waals surface area contributed by atoms with E-state index in [4.69, 9.17) is 5.11 Å². The quantitative estimate of drug-likeness (QED) is 0.375. The van der Waals surface area contributed by atoms with Crippen LogP contribution in [0.15, 0.2) is 29.1 Å². The van der Waals surface area contributed by atoms with Gasteiger partial charge in [-0.25, -0.2) is 0 Å². The SMILES string of the molecule is C=N/C=C\C(=C\O)CN(C)C. The number of nitrogens with zero attached hydrogens (tertiary/aromatic N) is 2. The third-order valence-corrected chi connectivity index (χ3v) is 1.06. The minimum absolute atomic E-state index is 0.697. The first-order valence-corrected chi connectivity index (χ1v) is 3.31. The highest BCUT2D eigenvalue weighted by Crippen LogP contribution is 1.96. The maximum atomic E-state index is 8.70. The van der Waals surface area contributed by atoms with Crippen LogP contribution in [0, 0.1) is 0 Å². The Morgan fingerprint density at radius 2 is 2.27 bits per heavy atom. The summed E-state index contributed by atoms with van der Waals surface area (Å²) < 4.78 is 0. The monoisotopic (exact) mass is 154 g/mol. The molecule has 0 unspecified atom stereocenters. The lowest BCUT2D eigenvalue weighted by atomic mass is 10.3. The molecule has 0 aromatic carbocycles. The molecule has 1 N–H and O–H groups in total. The van der Waals surface area contributed by atoms with Crippen molar-refractivity contribution in [2.45, 2.75) is 0 Å². The first kappa shape index (κ1) is 9.91. The van der Waals surface area contributed by atoms with Gasteiger partial charge in [-0.3, -0.25) is 4.99 Å². The summed E-state index contributed by atoms with van der Waals surface area (Å²) in [7, 11) is 3.86. The molecule has 0 saturated heterocycles. The molecule has 0 atom stereocenters. The molecule has 0 aromatic rings. The first-order valence-electron chi connectivity index (χ1n) is 3.31. The summed E-state index contributed by atoms with van der Waals surface area (Å²) in [5.74, 6) is 0. The van der Waals surface area contributed by atoms with Gasteiger partial charge in [-0.2, -0.15) is 0 Å². The average Bonchev–Trinajstić information content (AvgIpc) is 1.97. The molecule has 0 fully saturated rings. The van der Waals surface area contributed by atoms with E-state index in [2.05, 4.69) is 11.7 Å². The Kier molecular flexibility index (Phi) is 5.11. The predicted molar refractivity (Wildman–Crippen MR) is 48.0 cm³/mol. The second-order valence-corrected chi connectivity index (χ2v) is 2.44. The van der Waals surface area contributed by atoms with Crippen molar-refractivity contribution >= 4 is 6.72 Å². The molecule has 0 radical (unpaired) electrons. The fourth-order valence-electron chi connectivity index (χ4n) is 0.650. The Morgan fingerprint density at radius 1 is 1.64 bits per heavy atom. The summed E-state index contributed by atoms with van der Waals surface area (Å²) in [5.41, 5.74) is 0.808. The number of hydrogen-bond acceptors (Lipinski definition) is 3. The summed E-state index contributed by atoms with van der Waals surface area (Å²) in [6.45, 7) is 3.98. The van der Waals surface area contributed by atoms with Crippen molar-refractivity contribution in [2.24, 2.45) is 4.99 Å². The highest BCUT2D eigenvalue weighted by atomic mass is 16.2. The van der Waals surface area contributed by atoms with E-state index in [9.17, 15) is 0 Å². The fourth-order valence-corrected chi connectivity index (χ4v) is 0.650. The minimum Gasteiger partial charge on any atom is -0.515 e. The molecule has 0 saturated carbocycles. The maximum Gasteiger partial charge on any atom is 0.0837 e. The summed E-state index contributed by atoms with van der Waals surface area (Å²) in [4.78, 5) is 5.48. The molecule has 0 aliphatic heterocycles. The summed E-state index contributed by atoms with van der Waals surface area (Å²) >= 11 is 0. The van der Waals surface area contributed by atoms with Gasteiger partial charge in [0.1, 0.15) is 0 Å². The van der Waals surface area contributed by atoms with Crippen molar-refractivity contribution in [1.29, 1.82) is 0 Å². The van der Waals surface area contributed by atoms with Crippen LogP contribution < -0.4 is 0 Å². The Balaban J connectivity index is 3.98. The van der Waals surface area contributed by atoms with Crippen LogP contribution >= 0.6 is 0 Å². The molecule has 0 aromatic heterocycles. The summed E-state index contributed by atoms with van der Waals surface area (Å²) in [6.07, 6.45) is 4.33. The number of aliphatic hydroxyl groups is 1. The average molecular weight is 154 g/mol. The number of hydrogen-bond donors (Lipinski definition) is 1. The molecule has 0 aliphatic carbocycles. The van der Waals surface area contributed by atoms with Crippen LogP contribution in [0.3, 0.4) is 0 Å². The van der Waals surface area contributed by atoms with Gasteiger partial charge in [0.05, 0.1) is 6.26 Å². The molecule has 0 bridgehead atoms. The largest absolute Gasteiger partial charge is 0.515 e. The van der Waals surface area contributed by atoms with Gasteiger partial charge in [0.2, 0.25) is 0 Å². The third-order valence-electron chi connectivity index (χ3n) is 1.06. The molecule has 3 nitrogen and oxygen atoms in total. The lowest BCUT2D eigenvalue weighted by molar-refractivity contribution is 0.425. The lowest BCUT2D eigenvalue weighted by Crippen LogP contribution is -2.14. The van der Waals surface area contributed by atoms with Crippen LogP contribution in [-0.4, -0.2) is 37.4 Å². The molecular weight excluding hydrogens is 140 g/mol. The van der Waals surface area contributed by atoms with E-state index in [-0.39, 0.29) is 0 Å². The van der Waals surface area contributed by atoms with Crippen LogP contribution in [0.5, 0.6) is 0 Å². The van der Waals surface area contributed by atoms with Crippen LogP contribution in [0.1, 0.15) is 0 Å². The van der Waals surface area contributed by atoms with Gasteiger partial charge in [0.25, 0.3) is 0 Å². The van der Waals surface area contributed by atoms with E-state index < -0.39 is 0 Å². The van der Waals surface area contributed by atoms with Gasteiger partial charge in [-0.05, 0) is 26.9 Å². The van der Waals surface area contributed by atoms with Gasteiger partial charge >= 0.3 is 0 Å². The van der Waals surface area contributed by atoms with E-state index in [1.165, 1.54) is 0 Å². The molecular formula is C8H14N2O. The number of aliphatic hydroxyl groups excluding tert-OH is 1. The Labute approximate surface area is 67.4 Å². The molecule has 62 valence electrons. The van der Waals surface area contributed by atoms with Crippen LogP contribution in [0.25, 0.3) is 0 Å². The van der Waals surface area contributed by atoms with Crippen molar-refractivity contribution in [2.75, 3.05) is 20.6 Å². The fraction of sp³-hybridized carbons (Fsp3) is 0.375. The number of likely N-dealkylation sites (N-methyl/N-ethyl adjacent to an activating group) is 1. The molecule has 0 heterocycles. The smallest absolute Gasteiger partial charge is 0.0837 e. The molecule has 11 heavy (non-hydrogen) atoms. The zero-order valence-electron chi connectivity index (χ0n) is 6.99. The summed E-state index contributed by atoms with van der Waals surface area (Å²) in [6, 6.07) is 0.